The third kappa shape index (κ3) is 5.36. The van der Waals surface area contributed by atoms with E-state index in [0.717, 1.165) is 24.8 Å². The molecular weight excluding hydrogens is 394 g/mol. The minimum absolute atomic E-state index is 0.0293. The number of esters is 1. The van der Waals surface area contributed by atoms with Crippen LogP contribution in [0.2, 0.25) is 0 Å². The zero-order valence-electron chi connectivity index (χ0n) is 18.1. The van der Waals surface area contributed by atoms with Crippen LogP contribution in [-0.2, 0) is 16.1 Å². The smallest absolute Gasteiger partial charge is 0.360 e. The normalized spacial score (nSPS) is 11.8. The molecule has 0 unspecified atom stereocenters. The Labute approximate surface area is 181 Å². The molecule has 3 aromatic rings. The molecule has 2 aromatic carbocycles. The lowest BCUT2D eigenvalue weighted by Crippen LogP contribution is -2.32. The van der Waals surface area contributed by atoms with Gasteiger partial charge in [-0.15, -0.1) is 0 Å². The van der Waals surface area contributed by atoms with E-state index in [4.69, 9.17) is 4.74 Å². The first-order valence-corrected chi connectivity index (χ1v) is 10.5. The average molecular weight is 421 g/mol. The standard InChI is InChI=1S/C24H27N3O4/c1-4-5-8-15-27-23(29)20-10-7-6-9-19(20)21(26-27)24(30)31-17(3)22(28)25-18-13-11-16(2)12-14-18/h6-7,9-14,17H,4-5,8,15H2,1-3H3,(H,25,28)/t17-/m0/s1. The molecule has 1 heterocycles. The van der Waals surface area contributed by atoms with Crippen LogP contribution in [0.1, 0.15) is 49.2 Å². The molecule has 7 nitrogen and oxygen atoms in total. The second-order valence-electron chi connectivity index (χ2n) is 7.53. The van der Waals surface area contributed by atoms with Crippen LogP contribution in [-0.4, -0.2) is 27.8 Å². The summed E-state index contributed by atoms with van der Waals surface area (Å²) >= 11 is 0. The molecule has 1 N–H and O–H groups in total. The topological polar surface area (TPSA) is 90.3 Å². The third-order valence-corrected chi connectivity index (χ3v) is 5.01. The molecule has 0 saturated heterocycles. The van der Waals surface area contributed by atoms with Crippen molar-refractivity contribution in [1.29, 1.82) is 0 Å². The molecule has 1 atom stereocenters. The van der Waals surface area contributed by atoms with Gasteiger partial charge in [0.2, 0.25) is 0 Å². The molecule has 1 amide bonds. The highest BCUT2D eigenvalue weighted by molar-refractivity contribution is 6.03. The fourth-order valence-electron chi connectivity index (χ4n) is 3.20. The van der Waals surface area contributed by atoms with Gasteiger partial charge in [0.1, 0.15) is 0 Å². The van der Waals surface area contributed by atoms with E-state index < -0.39 is 18.0 Å². The molecule has 7 heteroatoms. The zero-order valence-corrected chi connectivity index (χ0v) is 18.1. The van der Waals surface area contributed by atoms with Gasteiger partial charge in [0.05, 0.1) is 5.39 Å². The van der Waals surface area contributed by atoms with E-state index >= 15 is 0 Å². The first kappa shape index (κ1) is 22.2. The minimum atomic E-state index is -1.03. The van der Waals surface area contributed by atoms with E-state index in [9.17, 15) is 14.4 Å². The number of hydrogen-bond acceptors (Lipinski definition) is 5. The maximum absolute atomic E-state index is 12.9. The Morgan fingerprint density at radius 1 is 1.06 bits per heavy atom. The number of nitrogens with zero attached hydrogens (tertiary/aromatic N) is 2. The van der Waals surface area contributed by atoms with Crippen LogP contribution in [0.25, 0.3) is 10.8 Å². The fraction of sp³-hybridized carbons (Fsp3) is 0.333. The van der Waals surface area contributed by atoms with Crippen LogP contribution in [0.3, 0.4) is 0 Å². The number of unbranched alkanes of at least 4 members (excludes halogenated alkanes) is 2. The molecule has 0 bridgehead atoms. The summed E-state index contributed by atoms with van der Waals surface area (Å²) in [6.07, 6.45) is 1.71. The predicted octanol–water partition coefficient (Wildman–Crippen LogP) is 4.08. The Morgan fingerprint density at radius 2 is 1.74 bits per heavy atom. The maximum atomic E-state index is 12.9. The molecule has 162 valence electrons. The minimum Gasteiger partial charge on any atom is -0.448 e. The molecule has 31 heavy (non-hydrogen) atoms. The number of carbonyl (C=O) groups excluding carboxylic acids is 2. The van der Waals surface area contributed by atoms with Crippen molar-refractivity contribution in [3.8, 4) is 0 Å². The van der Waals surface area contributed by atoms with Crippen LogP contribution in [0.15, 0.2) is 53.3 Å². The van der Waals surface area contributed by atoms with Gasteiger partial charge in [-0.2, -0.15) is 5.10 Å². The summed E-state index contributed by atoms with van der Waals surface area (Å²) in [5.41, 5.74) is 1.48. The summed E-state index contributed by atoms with van der Waals surface area (Å²) in [7, 11) is 0. The largest absolute Gasteiger partial charge is 0.448 e. The number of rotatable bonds is 8. The highest BCUT2D eigenvalue weighted by Gasteiger charge is 2.23. The number of hydrogen-bond donors (Lipinski definition) is 1. The van der Waals surface area contributed by atoms with Gasteiger partial charge < -0.3 is 10.1 Å². The van der Waals surface area contributed by atoms with Gasteiger partial charge in [-0.05, 0) is 38.5 Å². The van der Waals surface area contributed by atoms with Gasteiger partial charge in [-0.1, -0.05) is 55.7 Å². The highest BCUT2D eigenvalue weighted by Crippen LogP contribution is 2.16. The van der Waals surface area contributed by atoms with Crippen LogP contribution in [0.4, 0.5) is 5.69 Å². The lowest BCUT2D eigenvalue weighted by Gasteiger charge is -2.15. The molecule has 0 aliphatic rings. The van der Waals surface area contributed by atoms with E-state index in [1.165, 1.54) is 11.6 Å². The van der Waals surface area contributed by atoms with Crippen molar-refractivity contribution in [2.75, 3.05) is 5.32 Å². The number of anilines is 1. The molecule has 0 radical (unpaired) electrons. The molecule has 0 fully saturated rings. The number of aromatic nitrogens is 2. The molecule has 0 spiro atoms. The van der Waals surface area contributed by atoms with E-state index in [2.05, 4.69) is 17.3 Å². The number of benzene rings is 2. The molecule has 0 aliphatic heterocycles. The molecule has 0 aliphatic carbocycles. The first-order valence-electron chi connectivity index (χ1n) is 10.5. The van der Waals surface area contributed by atoms with Crippen LogP contribution < -0.4 is 10.9 Å². The summed E-state index contributed by atoms with van der Waals surface area (Å²) in [6, 6.07) is 14.1. The van der Waals surface area contributed by atoms with E-state index in [-0.39, 0.29) is 11.3 Å². The summed E-state index contributed by atoms with van der Waals surface area (Å²) in [5.74, 6) is -1.19. The maximum Gasteiger partial charge on any atom is 0.360 e. The summed E-state index contributed by atoms with van der Waals surface area (Å²) in [6.45, 7) is 5.94. The van der Waals surface area contributed by atoms with Crippen molar-refractivity contribution >= 4 is 28.3 Å². The Kier molecular flexibility index (Phi) is 7.18. The van der Waals surface area contributed by atoms with Crippen LogP contribution in [0.5, 0.6) is 0 Å². The second kappa shape index (κ2) is 10.0. The van der Waals surface area contributed by atoms with Crippen molar-refractivity contribution in [2.45, 2.75) is 52.7 Å². The second-order valence-corrected chi connectivity index (χ2v) is 7.53. The summed E-state index contributed by atoms with van der Waals surface area (Å²) in [5, 5.41) is 7.82. The highest BCUT2D eigenvalue weighted by atomic mass is 16.5. The van der Waals surface area contributed by atoms with Gasteiger partial charge >= 0.3 is 5.97 Å². The third-order valence-electron chi connectivity index (χ3n) is 5.01. The quantitative estimate of drug-likeness (QED) is 0.437. The predicted molar refractivity (Wildman–Crippen MR) is 120 cm³/mol. The van der Waals surface area contributed by atoms with Gasteiger partial charge in [0.15, 0.2) is 11.8 Å². The lowest BCUT2D eigenvalue weighted by molar-refractivity contribution is -0.123. The molecule has 0 saturated carbocycles. The van der Waals surface area contributed by atoms with Crippen LogP contribution in [0, 0.1) is 6.92 Å². The summed E-state index contributed by atoms with van der Waals surface area (Å²) < 4.78 is 6.71. The van der Waals surface area contributed by atoms with Crippen molar-refractivity contribution in [3.05, 3.63) is 70.1 Å². The van der Waals surface area contributed by atoms with E-state index in [1.807, 2.05) is 19.1 Å². The number of aryl methyl sites for hydroxylation is 2. The van der Waals surface area contributed by atoms with Gasteiger partial charge in [-0.25, -0.2) is 9.48 Å². The Morgan fingerprint density at radius 3 is 2.42 bits per heavy atom. The Balaban J connectivity index is 1.82. The van der Waals surface area contributed by atoms with Gasteiger partial charge in [0, 0.05) is 17.6 Å². The number of amides is 1. The summed E-state index contributed by atoms with van der Waals surface area (Å²) in [4.78, 5) is 38.1. The number of ether oxygens (including phenoxy) is 1. The lowest BCUT2D eigenvalue weighted by atomic mass is 10.1. The van der Waals surface area contributed by atoms with Crippen molar-refractivity contribution in [2.24, 2.45) is 0 Å². The van der Waals surface area contributed by atoms with E-state index in [1.54, 1.807) is 36.4 Å². The number of carbonyl (C=O) groups is 2. The Bertz CT molecular complexity index is 1140. The van der Waals surface area contributed by atoms with Crippen molar-refractivity contribution < 1.29 is 14.3 Å². The monoisotopic (exact) mass is 421 g/mol. The SMILES string of the molecule is CCCCCn1nc(C(=O)O[C@@H](C)C(=O)Nc2ccc(C)cc2)c2ccccc2c1=O. The van der Waals surface area contributed by atoms with Gasteiger partial charge in [0.25, 0.3) is 11.5 Å². The number of nitrogens with one attached hydrogen (secondary N) is 1. The van der Waals surface area contributed by atoms with Crippen molar-refractivity contribution in [1.82, 2.24) is 9.78 Å². The Hall–Kier alpha value is -3.48. The fourth-order valence-corrected chi connectivity index (χ4v) is 3.20. The van der Waals surface area contributed by atoms with Crippen LogP contribution >= 0.6 is 0 Å². The average Bonchev–Trinajstić information content (AvgIpc) is 2.77. The molecule has 1 aromatic heterocycles. The zero-order chi connectivity index (χ0) is 22.4. The number of fused-ring (bicyclic) bond motifs is 1. The van der Waals surface area contributed by atoms with Crippen molar-refractivity contribution in [3.63, 3.8) is 0 Å². The van der Waals surface area contributed by atoms with Gasteiger partial charge in [-0.3, -0.25) is 9.59 Å². The molecule has 3 rings (SSSR count). The van der Waals surface area contributed by atoms with E-state index in [0.29, 0.717) is 23.0 Å². The molecular formula is C24H27N3O4. The first-order chi connectivity index (χ1) is 14.9.